The lowest BCUT2D eigenvalue weighted by Gasteiger charge is -2.20. The second-order valence-electron chi connectivity index (χ2n) is 4.00. The number of nitrogen functional groups attached to an aromatic ring is 1. The molecule has 0 saturated carbocycles. The Labute approximate surface area is 99.8 Å². The fourth-order valence-electron chi connectivity index (χ4n) is 2.01. The van der Waals surface area contributed by atoms with E-state index in [4.69, 9.17) is 5.73 Å². The molecule has 0 bridgehead atoms. The molecule has 0 radical (unpaired) electrons. The molecule has 92 valence electrons. The first-order chi connectivity index (χ1) is 8.20. The number of ether oxygens (including phenoxy) is 1. The van der Waals surface area contributed by atoms with Gasteiger partial charge in [0.25, 0.3) is 0 Å². The van der Waals surface area contributed by atoms with E-state index in [1.54, 1.807) is 12.4 Å². The Morgan fingerprint density at radius 3 is 3.24 bits per heavy atom. The molecule has 1 saturated heterocycles. The zero-order chi connectivity index (χ0) is 12.3. The van der Waals surface area contributed by atoms with Gasteiger partial charge in [-0.2, -0.15) is 0 Å². The lowest BCUT2D eigenvalue weighted by Crippen LogP contribution is -2.37. The molecule has 0 aromatic carbocycles. The van der Waals surface area contributed by atoms with Crippen LogP contribution in [0.3, 0.4) is 0 Å². The summed E-state index contributed by atoms with van der Waals surface area (Å²) >= 11 is 0. The summed E-state index contributed by atoms with van der Waals surface area (Å²) in [5.74, 6) is 0. The van der Waals surface area contributed by atoms with Crippen LogP contribution in [0.4, 0.5) is 16.2 Å². The molecule has 1 aromatic rings. The molecule has 1 fully saturated rings. The minimum Gasteiger partial charge on any atom is -0.453 e. The second kappa shape index (κ2) is 4.90. The Balaban J connectivity index is 1.98. The van der Waals surface area contributed by atoms with Crippen LogP contribution in [-0.4, -0.2) is 37.3 Å². The number of rotatable bonds is 2. The van der Waals surface area contributed by atoms with E-state index in [-0.39, 0.29) is 12.1 Å². The van der Waals surface area contributed by atoms with Gasteiger partial charge in [0.2, 0.25) is 0 Å². The lowest BCUT2D eigenvalue weighted by molar-refractivity contribution is 0.167. The Hall–Kier alpha value is -1.98. The molecular formula is C11H16N4O2. The summed E-state index contributed by atoms with van der Waals surface area (Å²) in [5, 5.41) is 2.79. The fourth-order valence-corrected chi connectivity index (χ4v) is 2.01. The van der Waals surface area contributed by atoms with Gasteiger partial charge in [0.05, 0.1) is 30.7 Å². The maximum Gasteiger partial charge on any atom is 0.407 e. The van der Waals surface area contributed by atoms with Gasteiger partial charge < -0.3 is 20.7 Å². The average Bonchev–Trinajstić information content (AvgIpc) is 2.78. The van der Waals surface area contributed by atoms with Crippen LogP contribution in [0.15, 0.2) is 18.5 Å². The molecular weight excluding hydrogens is 220 g/mol. The first-order valence-corrected chi connectivity index (χ1v) is 5.49. The van der Waals surface area contributed by atoms with Gasteiger partial charge in [0.1, 0.15) is 0 Å². The molecule has 6 nitrogen and oxygen atoms in total. The molecule has 1 atom stereocenters. The minimum absolute atomic E-state index is 0.106. The van der Waals surface area contributed by atoms with Crippen LogP contribution < -0.4 is 16.0 Å². The zero-order valence-corrected chi connectivity index (χ0v) is 9.72. The molecule has 6 heteroatoms. The maximum absolute atomic E-state index is 11.1. The number of anilines is 2. The second-order valence-corrected chi connectivity index (χ2v) is 4.00. The van der Waals surface area contributed by atoms with Crippen molar-refractivity contribution in [3.63, 3.8) is 0 Å². The van der Waals surface area contributed by atoms with Crippen LogP contribution in [0.1, 0.15) is 6.42 Å². The third-order valence-electron chi connectivity index (χ3n) is 2.86. The Morgan fingerprint density at radius 2 is 2.53 bits per heavy atom. The number of nitrogens with one attached hydrogen (secondary N) is 1. The zero-order valence-electron chi connectivity index (χ0n) is 9.72. The number of amides is 1. The molecule has 2 rings (SSSR count). The SMILES string of the molecule is COC(=O)NC1CCN(c2ccncc2N)C1. The first-order valence-electron chi connectivity index (χ1n) is 5.49. The van der Waals surface area contributed by atoms with Crippen molar-refractivity contribution in [2.45, 2.75) is 12.5 Å². The molecule has 1 unspecified atom stereocenters. The molecule has 1 amide bonds. The average molecular weight is 236 g/mol. The highest BCUT2D eigenvalue weighted by Crippen LogP contribution is 2.25. The van der Waals surface area contributed by atoms with E-state index in [0.717, 1.165) is 25.2 Å². The molecule has 3 N–H and O–H groups in total. The summed E-state index contributed by atoms with van der Waals surface area (Å²) in [6, 6.07) is 1.99. The number of pyridine rings is 1. The van der Waals surface area contributed by atoms with Crippen LogP contribution >= 0.6 is 0 Å². The van der Waals surface area contributed by atoms with E-state index in [0.29, 0.717) is 5.69 Å². The summed E-state index contributed by atoms with van der Waals surface area (Å²) in [6.45, 7) is 1.60. The van der Waals surface area contributed by atoms with Crippen molar-refractivity contribution in [3.8, 4) is 0 Å². The number of methoxy groups -OCH3 is 1. The van der Waals surface area contributed by atoms with Gasteiger partial charge >= 0.3 is 6.09 Å². The monoisotopic (exact) mass is 236 g/mol. The molecule has 1 aliphatic heterocycles. The maximum atomic E-state index is 11.1. The van der Waals surface area contributed by atoms with Gasteiger partial charge in [0, 0.05) is 19.3 Å². The summed E-state index contributed by atoms with van der Waals surface area (Å²) < 4.78 is 4.57. The topological polar surface area (TPSA) is 80.5 Å². The molecule has 0 spiro atoms. The summed E-state index contributed by atoms with van der Waals surface area (Å²) in [6.07, 6.45) is 3.85. The quantitative estimate of drug-likeness (QED) is 0.786. The number of carbonyl (C=O) groups excluding carboxylic acids is 1. The van der Waals surface area contributed by atoms with Crippen molar-refractivity contribution in [1.29, 1.82) is 0 Å². The predicted octanol–water partition coefficient (Wildman–Crippen LogP) is 0.598. The molecule has 0 aliphatic carbocycles. The standard InChI is InChI=1S/C11H16N4O2/c1-17-11(16)14-8-3-5-15(7-8)10-2-4-13-6-9(10)12/h2,4,6,8H,3,5,7,12H2,1H3,(H,14,16). The Morgan fingerprint density at radius 1 is 1.71 bits per heavy atom. The van der Waals surface area contributed by atoms with E-state index >= 15 is 0 Å². The van der Waals surface area contributed by atoms with Crippen molar-refractivity contribution in [2.24, 2.45) is 0 Å². The fraction of sp³-hybridized carbons (Fsp3) is 0.455. The highest BCUT2D eigenvalue weighted by molar-refractivity contribution is 5.69. The Bertz CT molecular complexity index is 410. The van der Waals surface area contributed by atoms with Gasteiger partial charge in [-0.05, 0) is 12.5 Å². The van der Waals surface area contributed by atoms with Crippen molar-refractivity contribution >= 4 is 17.5 Å². The van der Waals surface area contributed by atoms with Crippen LogP contribution in [0, 0.1) is 0 Å². The van der Waals surface area contributed by atoms with Crippen molar-refractivity contribution in [3.05, 3.63) is 18.5 Å². The first kappa shape index (κ1) is 11.5. The van der Waals surface area contributed by atoms with Crippen LogP contribution in [0.2, 0.25) is 0 Å². The summed E-state index contributed by atoms with van der Waals surface area (Å²) in [7, 11) is 1.36. The van der Waals surface area contributed by atoms with Crippen molar-refractivity contribution < 1.29 is 9.53 Å². The largest absolute Gasteiger partial charge is 0.453 e. The van der Waals surface area contributed by atoms with Gasteiger partial charge in [-0.25, -0.2) is 4.79 Å². The number of hydrogen-bond donors (Lipinski definition) is 2. The van der Waals surface area contributed by atoms with Crippen LogP contribution in [0.25, 0.3) is 0 Å². The minimum atomic E-state index is -0.389. The third-order valence-corrected chi connectivity index (χ3v) is 2.86. The predicted molar refractivity (Wildman–Crippen MR) is 64.8 cm³/mol. The van der Waals surface area contributed by atoms with Gasteiger partial charge in [-0.3, -0.25) is 4.98 Å². The van der Waals surface area contributed by atoms with Crippen molar-refractivity contribution in [1.82, 2.24) is 10.3 Å². The molecule has 2 heterocycles. The highest BCUT2D eigenvalue weighted by atomic mass is 16.5. The normalized spacial score (nSPS) is 19.1. The number of nitrogens with two attached hydrogens (primary N) is 1. The highest BCUT2D eigenvalue weighted by Gasteiger charge is 2.25. The van der Waals surface area contributed by atoms with E-state index in [1.807, 2.05) is 6.07 Å². The van der Waals surface area contributed by atoms with E-state index in [2.05, 4.69) is 19.9 Å². The Kier molecular flexibility index (Phi) is 3.32. The number of aromatic nitrogens is 1. The number of nitrogens with zero attached hydrogens (tertiary/aromatic N) is 2. The van der Waals surface area contributed by atoms with Gasteiger partial charge in [0.15, 0.2) is 0 Å². The smallest absolute Gasteiger partial charge is 0.407 e. The number of carbonyl (C=O) groups is 1. The molecule has 1 aromatic heterocycles. The number of alkyl carbamates (subject to hydrolysis) is 1. The lowest BCUT2D eigenvalue weighted by atomic mass is 10.3. The van der Waals surface area contributed by atoms with Gasteiger partial charge in [-0.15, -0.1) is 0 Å². The van der Waals surface area contributed by atoms with Crippen molar-refractivity contribution in [2.75, 3.05) is 30.8 Å². The van der Waals surface area contributed by atoms with Crippen LogP contribution in [0.5, 0.6) is 0 Å². The third kappa shape index (κ3) is 2.58. The summed E-state index contributed by atoms with van der Waals surface area (Å²) in [5.41, 5.74) is 7.48. The summed E-state index contributed by atoms with van der Waals surface area (Å²) in [4.78, 5) is 17.2. The number of hydrogen-bond acceptors (Lipinski definition) is 5. The van der Waals surface area contributed by atoms with E-state index < -0.39 is 0 Å². The van der Waals surface area contributed by atoms with E-state index in [1.165, 1.54) is 7.11 Å². The van der Waals surface area contributed by atoms with E-state index in [9.17, 15) is 4.79 Å². The molecule has 1 aliphatic rings. The van der Waals surface area contributed by atoms with Gasteiger partial charge in [-0.1, -0.05) is 0 Å². The molecule has 17 heavy (non-hydrogen) atoms. The van der Waals surface area contributed by atoms with Crippen LogP contribution in [-0.2, 0) is 4.74 Å².